The first-order valence-electron chi connectivity index (χ1n) is 25.9. The minimum Gasteiger partial charge on any atom is -0.453 e. The van der Waals surface area contributed by atoms with E-state index < -0.39 is 132 Å². The highest BCUT2D eigenvalue weighted by Crippen LogP contribution is 2.42. The monoisotopic (exact) mass is 1200 g/mol. The van der Waals surface area contributed by atoms with Gasteiger partial charge in [-0.1, -0.05) is 24.0 Å². The fourth-order valence-corrected chi connectivity index (χ4v) is 8.97. The van der Waals surface area contributed by atoms with E-state index in [2.05, 4.69) is 36.5 Å². The predicted octanol–water partition coefficient (Wildman–Crippen LogP) is 7.59. The van der Waals surface area contributed by atoms with Crippen LogP contribution in [-0.4, -0.2) is 150 Å². The number of anilines is 1. The predicted molar refractivity (Wildman–Crippen MR) is 284 cm³/mol. The number of fused-ring (bicyclic) bond motifs is 2. The molecule has 7 N–H and O–H groups in total. The van der Waals surface area contributed by atoms with Crippen molar-refractivity contribution >= 4 is 41.6 Å². The number of carbonyl (C=O) groups is 5. The van der Waals surface area contributed by atoms with Crippen LogP contribution in [0.25, 0.3) is 0 Å². The minimum atomic E-state index is -5.25. The van der Waals surface area contributed by atoms with Gasteiger partial charge in [-0.2, -0.15) is 35.1 Å². The molecule has 1 aromatic heterocycles. The topological polar surface area (TPSA) is 240 Å². The van der Waals surface area contributed by atoms with Gasteiger partial charge < -0.3 is 50.9 Å². The number of halogens is 10. The molecule has 2 saturated heterocycles. The van der Waals surface area contributed by atoms with Crippen LogP contribution in [0, 0.1) is 39.7 Å². The molecule has 2 aromatic carbocycles. The molecular formula is C55H66F10N10O9. The number of ether oxygens (including phenoxy) is 3. The molecule has 3 aromatic rings. The molecule has 2 aliphatic heterocycles. The summed E-state index contributed by atoms with van der Waals surface area (Å²) in [5.74, 6) is 0.387. The fraction of sp³-hybridized carbons (Fsp3) is 0.509. The van der Waals surface area contributed by atoms with Gasteiger partial charge in [0.1, 0.15) is 35.1 Å². The molecule has 2 bridgehead atoms. The molecule has 2 fully saturated rings. The third-order valence-corrected chi connectivity index (χ3v) is 14.0. The molecule has 2 aliphatic rings. The lowest BCUT2D eigenvalue weighted by Gasteiger charge is -2.41. The average Bonchev–Trinajstić information content (AvgIpc) is 2.38. The van der Waals surface area contributed by atoms with Crippen molar-refractivity contribution in [3.05, 3.63) is 106 Å². The number of piperazine rings is 1. The Morgan fingerprint density at radius 2 is 1.30 bits per heavy atom. The first kappa shape index (κ1) is 66.9. The van der Waals surface area contributed by atoms with Crippen LogP contribution in [-0.2, 0) is 36.8 Å². The van der Waals surface area contributed by atoms with Crippen LogP contribution in [0.3, 0.4) is 0 Å². The number of methoxy groups -OCH3 is 2. The largest absolute Gasteiger partial charge is 0.453 e. The van der Waals surface area contributed by atoms with E-state index in [0.717, 1.165) is 33.1 Å². The van der Waals surface area contributed by atoms with Crippen molar-refractivity contribution in [2.45, 2.75) is 135 Å². The van der Waals surface area contributed by atoms with Crippen LogP contribution in [0.5, 0.6) is 0 Å². The third-order valence-electron chi connectivity index (χ3n) is 14.0. The summed E-state index contributed by atoms with van der Waals surface area (Å²) in [7, 11) is 1.58. The highest BCUT2D eigenvalue weighted by Gasteiger charge is 2.57. The van der Waals surface area contributed by atoms with Crippen molar-refractivity contribution in [2.75, 3.05) is 38.8 Å². The van der Waals surface area contributed by atoms with Crippen molar-refractivity contribution in [3.63, 3.8) is 0 Å². The maximum Gasteiger partial charge on any atom is 0.410 e. The molecule has 0 spiro atoms. The second kappa shape index (κ2) is 27.2. The maximum atomic E-state index is 15.9. The number of aromatic nitrogens is 1. The van der Waals surface area contributed by atoms with Crippen molar-refractivity contribution < 1.29 is 87.2 Å². The molecule has 19 nitrogen and oxygen atoms in total. The molecule has 2 unspecified atom stereocenters. The Kier molecular flexibility index (Phi) is 21.7. The number of nitrogens with one attached hydrogen (secondary N) is 6. The molecule has 5 amide bonds. The molecular weight excluding hydrogens is 1130 g/mol. The number of alkyl halides is 8. The van der Waals surface area contributed by atoms with E-state index in [1.54, 1.807) is 54.6 Å². The number of carbonyl (C=O) groups excluding carboxylic acids is 5. The normalized spacial score (nSPS) is 17.1. The van der Waals surface area contributed by atoms with Gasteiger partial charge in [0.2, 0.25) is 5.91 Å². The number of hydrogen-bond donors (Lipinski definition) is 7. The zero-order chi connectivity index (χ0) is 62.9. The number of rotatable bonds is 20. The highest BCUT2D eigenvalue weighted by atomic mass is 19.4. The molecule has 0 aliphatic carbocycles. The van der Waals surface area contributed by atoms with E-state index in [1.807, 2.05) is 10.7 Å². The van der Waals surface area contributed by atoms with E-state index >= 15 is 8.78 Å². The van der Waals surface area contributed by atoms with Crippen molar-refractivity contribution in [1.29, 1.82) is 5.41 Å². The number of alkyl carbamates (subject to hydrolysis) is 2. The van der Waals surface area contributed by atoms with Gasteiger partial charge in [-0.05, 0) is 116 Å². The van der Waals surface area contributed by atoms with Crippen LogP contribution in [0.4, 0.5) is 64.1 Å². The quantitative estimate of drug-likeness (QED) is 0.0144. The van der Waals surface area contributed by atoms with E-state index in [-0.39, 0.29) is 23.7 Å². The van der Waals surface area contributed by atoms with E-state index in [0.29, 0.717) is 81.1 Å². The SMILES string of the molecule is COC(=O)N[C@H](C(=O)N[C@@H](Cc1ccc(C#Cc2ccc(N3CC4CCC(C3)N4C(=O)OC(C)(C)C)nc2)cc1)[C@@H](O)CN(Cc1c(F)cc(C(=N)/C=C\NC(F)F)cc1F)NC(=O)[C@@H](NC(=O)OC)C(C)(C)C(F)(F)F)C(C)(C)C(F)(F)F. The lowest BCUT2D eigenvalue weighted by atomic mass is 9.82. The number of nitrogens with zero attached hydrogens (tertiary/aromatic N) is 4. The Balaban J connectivity index is 1.49. The van der Waals surface area contributed by atoms with Gasteiger partial charge in [0.25, 0.3) is 5.91 Å². The summed E-state index contributed by atoms with van der Waals surface area (Å²) in [5.41, 5.74) is -5.86. The minimum absolute atomic E-state index is 0.0603. The van der Waals surface area contributed by atoms with Crippen LogP contribution in [0.1, 0.15) is 89.1 Å². The standard InChI is InChI=1S/C55H66F10N10O9/c1-51(2,3)84-50(81)75-34-17-18-35(75)27-73(26-34)42-19-16-32(25-68-42)15-12-30-10-13-31(14-11-30)22-40(69-45(77)43(70-48(79)82-8)52(4,5)54(60,61)62)41(76)29-74(72-46(78)44(71-49(80)83-9)53(6,7)55(63,64)65)28-36-37(56)23-33(24-38(36)57)39(66)20-21-67-47(58)59/h10-11,13-14,16,19-21,23-25,34-35,40-41,43-44,47,66-67,76H,17-18,22,26-29H2,1-9H3,(H,69,77)(H,70,79)(H,71,80)(H,72,78)/b21-20-,66-39?/t34?,35?,40-,41-,43+,44+/m0/s1. The number of benzene rings is 2. The summed E-state index contributed by atoms with van der Waals surface area (Å²) in [6, 6.07) is 3.61. The van der Waals surface area contributed by atoms with Gasteiger partial charge >= 0.3 is 37.2 Å². The molecule has 0 saturated carbocycles. The lowest BCUT2D eigenvalue weighted by Crippen LogP contribution is -2.63. The van der Waals surface area contributed by atoms with E-state index in [9.17, 15) is 64.2 Å². The molecule has 3 heterocycles. The summed E-state index contributed by atoms with van der Waals surface area (Å²) in [4.78, 5) is 74.3. The summed E-state index contributed by atoms with van der Waals surface area (Å²) < 4.78 is 159. The van der Waals surface area contributed by atoms with E-state index in [1.165, 1.54) is 24.3 Å². The molecule has 29 heteroatoms. The Bertz CT molecular complexity index is 2910. The second-order valence-corrected chi connectivity index (χ2v) is 22.0. The second-order valence-electron chi connectivity index (χ2n) is 22.0. The third kappa shape index (κ3) is 17.4. The van der Waals surface area contributed by atoms with Gasteiger partial charge in [-0.3, -0.25) is 19.9 Å². The first-order chi connectivity index (χ1) is 39.0. The average molecular weight is 1200 g/mol. The number of aliphatic hydroxyl groups is 1. The van der Waals surface area contributed by atoms with Crippen LogP contribution in [0.2, 0.25) is 0 Å². The number of hydrazine groups is 1. The Morgan fingerprint density at radius 3 is 1.77 bits per heavy atom. The molecule has 460 valence electrons. The number of hydrogen-bond acceptors (Lipinski definition) is 14. The number of allylic oxidation sites excluding steroid dienone is 1. The number of aliphatic hydroxyl groups excluding tert-OH is 1. The lowest BCUT2D eigenvalue weighted by molar-refractivity contribution is -0.221. The van der Waals surface area contributed by atoms with Crippen molar-refractivity contribution in [1.82, 2.24) is 41.6 Å². The summed E-state index contributed by atoms with van der Waals surface area (Å²) >= 11 is 0. The van der Waals surface area contributed by atoms with Crippen molar-refractivity contribution in [2.24, 2.45) is 10.8 Å². The zero-order valence-corrected chi connectivity index (χ0v) is 47.1. The van der Waals surface area contributed by atoms with Gasteiger partial charge in [0, 0.05) is 60.8 Å². The molecule has 5 rings (SSSR count). The zero-order valence-electron chi connectivity index (χ0n) is 47.1. The molecule has 6 atom stereocenters. The van der Waals surface area contributed by atoms with E-state index in [4.69, 9.17) is 10.1 Å². The van der Waals surface area contributed by atoms with Gasteiger partial charge in [-0.15, -0.1) is 0 Å². The first-order valence-corrected chi connectivity index (χ1v) is 25.9. The van der Waals surface area contributed by atoms with Gasteiger partial charge in [0.05, 0.1) is 55.0 Å². The molecule has 84 heavy (non-hydrogen) atoms. The van der Waals surface area contributed by atoms with Crippen LogP contribution >= 0.6 is 0 Å². The van der Waals surface area contributed by atoms with Gasteiger partial charge in [-0.25, -0.2) is 33.2 Å². The smallest absolute Gasteiger partial charge is 0.410 e. The highest BCUT2D eigenvalue weighted by molar-refractivity contribution is 6.06. The Morgan fingerprint density at radius 1 is 0.786 bits per heavy atom. The fourth-order valence-electron chi connectivity index (χ4n) is 8.97. The van der Waals surface area contributed by atoms with Crippen molar-refractivity contribution in [3.8, 4) is 11.8 Å². The van der Waals surface area contributed by atoms with Crippen LogP contribution < -0.4 is 31.6 Å². The number of pyridine rings is 1. The number of amides is 5. The Hall–Kier alpha value is -7.87. The Labute approximate surface area is 477 Å². The maximum absolute atomic E-state index is 15.9. The summed E-state index contributed by atoms with van der Waals surface area (Å²) in [6.45, 7) is 3.30. The van der Waals surface area contributed by atoms with Crippen LogP contribution in [0.15, 0.2) is 67.0 Å². The molecule has 0 radical (unpaired) electrons. The summed E-state index contributed by atoms with van der Waals surface area (Å²) in [5, 5.41) is 28.0. The summed E-state index contributed by atoms with van der Waals surface area (Å²) in [6.07, 6.45) is -12.0. The van der Waals surface area contributed by atoms with Gasteiger partial charge in [0.15, 0.2) is 0 Å².